The predicted octanol–water partition coefficient (Wildman–Crippen LogP) is 4.51. The minimum Gasteiger partial charge on any atom is -0.499 e. The van der Waals surface area contributed by atoms with E-state index < -0.39 is 5.56 Å². The summed E-state index contributed by atoms with van der Waals surface area (Å²) in [5, 5.41) is 11.1. The first kappa shape index (κ1) is 16.5. The fraction of sp³-hybridized carbons (Fsp3) is 0.111. The van der Waals surface area contributed by atoms with Crippen molar-refractivity contribution in [3.8, 4) is 32.5 Å². The third-order valence-corrected chi connectivity index (χ3v) is 4.73. The Morgan fingerprint density at radius 2 is 1.88 bits per heavy atom. The van der Waals surface area contributed by atoms with Crippen LogP contribution in [0.25, 0.3) is 21.7 Å². The first-order valence-corrected chi connectivity index (χ1v) is 8.34. The van der Waals surface area contributed by atoms with Gasteiger partial charge in [0.05, 0.1) is 17.7 Å². The molecule has 0 aliphatic rings. The first-order chi connectivity index (χ1) is 11.5. The lowest BCUT2D eigenvalue weighted by Gasteiger charge is -2.12. The van der Waals surface area contributed by atoms with Crippen LogP contribution in [0, 0.1) is 6.92 Å². The molecule has 0 radical (unpaired) electrons. The van der Waals surface area contributed by atoms with Crippen molar-refractivity contribution in [2.45, 2.75) is 6.92 Å². The number of aromatic nitrogens is 1. The van der Waals surface area contributed by atoms with Crippen LogP contribution >= 0.6 is 22.9 Å². The zero-order valence-electron chi connectivity index (χ0n) is 13.0. The molecule has 0 spiro atoms. The molecule has 24 heavy (non-hydrogen) atoms. The smallest absolute Gasteiger partial charge is 0.283 e. The molecule has 0 unspecified atom stereocenters. The molecule has 3 aromatic rings. The Balaban J connectivity index is 2.23. The van der Waals surface area contributed by atoms with Crippen LogP contribution in [0.2, 0.25) is 5.02 Å². The van der Waals surface area contributed by atoms with E-state index in [1.54, 1.807) is 12.1 Å². The molecule has 0 atom stereocenters. The number of halogens is 1. The SMILES string of the molecule is COc1cc(C)cc(Cl)c1-c1c(O)sc(-c2ccccc2)nc1=O. The van der Waals surface area contributed by atoms with Gasteiger partial charge in [-0.2, -0.15) is 4.98 Å². The van der Waals surface area contributed by atoms with Crippen LogP contribution in [0.1, 0.15) is 5.56 Å². The number of benzene rings is 2. The second-order valence-corrected chi connectivity index (χ2v) is 6.58. The molecule has 122 valence electrons. The van der Waals surface area contributed by atoms with E-state index >= 15 is 0 Å². The number of methoxy groups -OCH3 is 1. The van der Waals surface area contributed by atoms with Gasteiger partial charge in [0.25, 0.3) is 5.56 Å². The Labute approximate surface area is 148 Å². The highest BCUT2D eigenvalue weighted by Gasteiger charge is 2.21. The summed E-state index contributed by atoms with van der Waals surface area (Å²) in [6, 6.07) is 12.7. The fourth-order valence-corrected chi connectivity index (χ4v) is 3.65. The van der Waals surface area contributed by atoms with Crippen molar-refractivity contribution in [1.82, 2.24) is 4.98 Å². The molecule has 1 heterocycles. The van der Waals surface area contributed by atoms with Crippen LogP contribution in [0.4, 0.5) is 0 Å². The summed E-state index contributed by atoms with van der Waals surface area (Å²) < 4.78 is 5.33. The summed E-state index contributed by atoms with van der Waals surface area (Å²) in [5.41, 5.74) is 1.53. The Morgan fingerprint density at radius 3 is 2.50 bits per heavy atom. The van der Waals surface area contributed by atoms with Crippen molar-refractivity contribution in [2.75, 3.05) is 7.11 Å². The van der Waals surface area contributed by atoms with Gasteiger partial charge in [0.2, 0.25) is 0 Å². The molecule has 0 saturated carbocycles. The molecule has 0 aliphatic carbocycles. The van der Waals surface area contributed by atoms with E-state index in [2.05, 4.69) is 4.98 Å². The van der Waals surface area contributed by atoms with Crippen molar-refractivity contribution in [3.05, 3.63) is 63.4 Å². The van der Waals surface area contributed by atoms with E-state index in [4.69, 9.17) is 16.3 Å². The van der Waals surface area contributed by atoms with E-state index in [1.165, 1.54) is 7.11 Å². The normalized spacial score (nSPS) is 10.6. The average Bonchev–Trinajstić information content (AvgIpc) is 2.56. The summed E-state index contributed by atoms with van der Waals surface area (Å²) >= 11 is 7.32. The van der Waals surface area contributed by atoms with Gasteiger partial charge in [0.15, 0.2) is 5.06 Å². The summed E-state index contributed by atoms with van der Waals surface area (Å²) in [6.45, 7) is 1.87. The Kier molecular flexibility index (Phi) is 4.55. The average molecular weight is 360 g/mol. The van der Waals surface area contributed by atoms with E-state index in [0.29, 0.717) is 21.3 Å². The third-order valence-electron chi connectivity index (χ3n) is 3.51. The number of ether oxygens (including phenoxy) is 1. The lowest BCUT2D eigenvalue weighted by molar-refractivity contribution is 0.415. The van der Waals surface area contributed by atoms with Crippen molar-refractivity contribution in [3.63, 3.8) is 0 Å². The fourth-order valence-electron chi connectivity index (χ4n) is 2.44. The topological polar surface area (TPSA) is 59.4 Å². The van der Waals surface area contributed by atoms with Gasteiger partial charge in [0.1, 0.15) is 16.3 Å². The number of nitrogens with zero attached hydrogens (tertiary/aromatic N) is 1. The van der Waals surface area contributed by atoms with Gasteiger partial charge < -0.3 is 9.84 Å². The molecule has 6 heteroatoms. The van der Waals surface area contributed by atoms with Gasteiger partial charge in [-0.25, -0.2) is 0 Å². The number of hydrogen-bond acceptors (Lipinski definition) is 5. The van der Waals surface area contributed by atoms with Crippen molar-refractivity contribution in [2.24, 2.45) is 0 Å². The molecule has 1 N–H and O–H groups in total. The molecule has 0 saturated heterocycles. The first-order valence-electron chi connectivity index (χ1n) is 7.15. The molecule has 4 nitrogen and oxygen atoms in total. The molecule has 0 bridgehead atoms. The largest absolute Gasteiger partial charge is 0.499 e. The molecule has 0 amide bonds. The van der Waals surface area contributed by atoms with E-state index in [-0.39, 0.29) is 10.6 Å². The summed E-state index contributed by atoms with van der Waals surface area (Å²) in [4.78, 5) is 16.7. The van der Waals surface area contributed by atoms with Crippen LogP contribution in [-0.2, 0) is 0 Å². The monoisotopic (exact) mass is 359 g/mol. The van der Waals surface area contributed by atoms with Gasteiger partial charge in [-0.05, 0) is 24.6 Å². The van der Waals surface area contributed by atoms with E-state index in [9.17, 15) is 9.90 Å². The maximum atomic E-state index is 12.6. The van der Waals surface area contributed by atoms with Crippen LogP contribution in [0.3, 0.4) is 0 Å². The van der Waals surface area contributed by atoms with Gasteiger partial charge in [-0.15, -0.1) is 0 Å². The Bertz CT molecular complexity index is 954. The molecular formula is C18H14ClNO3S. The molecule has 1 aromatic heterocycles. The molecule has 0 fully saturated rings. The number of rotatable bonds is 3. The van der Waals surface area contributed by atoms with Crippen LogP contribution in [-0.4, -0.2) is 17.2 Å². The molecular weight excluding hydrogens is 346 g/mol. The maximum absolute atomic E-state index is 12.6. The standard InChI is InChI=1S/C18H14ClNO3S/c1-10-8-12(19)14(13(9-10)23-2)15-16(21)20-17(24-18(15)22)11-6-4-3-5-7-11/h3-9,22H,1-2H3. The molecule has 0 aliphatic heterocycles. The third kappa shape index (κ3) is 3.00. The number of aromatic hydroxyl groups is 1. The zero-order chi connectivity index (χ0) is 17.3. The van der Waals surface area contributed by atoms with Gasteiger partial charge >= 0.3 is 0 Å². The number of hydrogen-bond donors (Lipinski definition) is 1. The highest BCUT2D eigenvalue weighted by atomic mass is 35.5. The van der Waals surface area contributed by atoms with Crippen LogP contribution in [0.5, 0.6) is 10.8 Å². The second-order valence-electron chi connectivity index (χ2n) is 5.19. The van der Waals surface area contributed by atoms with E-state index in [0.717, 1.165) is 22.5 Å². The van der Waals surface area contributed by atoms with E-state index in [1.807, 2.05) is 37.3 Å². The van der Waals surface area contributed by atoms with Gasteiger partial charge in [-0.1, -0.05) is 53.3 Å². The van der Waals surface area contributed by atoms with Crippen LogP contribution in [0.15, 0.2) is 47.3 Å². The summed E-state index contributed by atoms with van der Waals surface area (Å²) in [6.07, 6.45) is 0. The highest BCUT2D eigenvalue weighted by molar-refractivity contribution is 7.16. The number of aryl methyl sites for hydroxylation is 1. The molecule has 2 aromatic carbocycles. The lowest BCUT2D eigenvalue weighted by atomic mass is 10.1. The quantitative estimate of drug-likeness (QED) is 0.747. The van der Waals surface area contributed by atoms with Gasteiger partial charge in [-0.3, -0.25) is 4.79 Å². The second kappa shape index (κ2) is 6.63. The predicted molar refractivity (Wildman–Crippen MR) is 97.2 cm³/mol. The summed E-state index contributed by atoms with van der Waals surface area (Å²) in [7, 11) is 1.49. The van der Waals surface area contributed by atoms with Gasteiger partial charge in [0, 0.05) is 5.56 Å². The summed E-state index contributed by atoms with van der Waals surface area (Å²) in [5.74, 6) is 0.425. The minimum atomic E-state index is -0.547. The lowest BCUT2D eigenvalue weighted by Crippen LogP contribution is -2.10. The van der Waals surface area contributed by atoms with Crippen molar-refractivity contribution in [1.29, 1.82) is 0 Å². The minimum absolute atomic E-state index is 0.0570. The van der Waals surface area contributed by atoms with Crippen LogP contribution < -0.4 is 10.3 Å². The zero-order valence-corrected chi connectivity index (χ0v) is 14.6. The maximum Gasteiger partial charge on any atom is 0.283 e. The highest BCUT2D eigenvalue weighted by Crippen LogP contribution is 2.42. The molecule has 3 rings (SSSR count). The van der Waals surface area contributed by atoms with Crippen molar-refractivity contribution < 1.29 is 9.84 Å². The Hall–Kier alpha value is -2.37. The van der Waals surface area contributed by atoms with Crippen molar-refractivity contribution >= 4 is 22.9 Å². The Morgan fingerprint density at radius 1 is 1.17 bits per heavy atom.